The van der Waals surface area contributed by atoms with E-state index in [2.05, 4.69) is 10.3 Å². The third-order valence-corrected chi connectivity index (χ3v) is 3.95. The summed E-state index contributed by atoms with van der Waals surface area (Å²) in [4.78, 5) is 37.9. The first-order valence-corrected chi connectivity index (χ1v) is 7.83. The molecule has 0 spiro atoms. The topological polar surface area (TPSA) is 105 Å². The molecule has 0 aliphatic rings. The van der Waals surface area contributed by atoms with Gasteiger partial charge in [-0.05, 0) is 25.1 Å². The largest absolute Gasteiger partial charge is 0.341 e. The number of H-pyrrole nitrogens is 1. The summed E-state index contributed by atoms with van der Waals surface area (Å²) in [5, 5.41) is 13.6. The summed E-state index contributed by atoms with van der Waals surface area (Å²) in [6, 6.07) is 4.75. The number of nitrogens with one attached hydrogen (secondary N) is 2. The number of non-ortho nitro benzene ring substituents is 1. The number of aromatic amines is 1. The molecule has 10 heteroatoms. The van der Waals surface area contributed by atoms with Crippen LogP contribution in [0, 0.1) is 21.7 Å². The molecular formula is C17H10ClF2N3O4. The molecule has 0 atom stereocenters. The number of nitro benzene ring substituents is 1. The van der Waals surface area contributed by atoms with Crippen molar-refractivity contribution in [1.29, 1.82) is 0 Å². The molecule has 0 unspecified atom stereocenters. The fraction of sp³-hybridized carbons (Fsp3) is 0.0588. The van der Waals surface area contributed by atoms with Crippen LogP contribution in [0.25, 0.3) is 10.9 Å². The lowest BCUT2D eigenvalue weighted by Crippen LogP contribution is -2.18. The number of nitro groups is 1. The lowest BCUT2D eigenvalue weighted by molar-refractivity contribution is -0.383. The molecule has 0 bridgehead atoms. The maximum Gasteiger partial charge on any atom is 0.294 e. The van der Waals surface area contributed by atoms with Crippen LogP contribution >= 0.6 is 11.6 Å². The molecule has 2 aromatic carbocycles. The van der Waals surface area contributed by atoms with Crippen molar-refractivity contribution in [1.82, 2.24) is 4.98 Å². The highest BCUT2D eigenvalue weighted by Crippen LogP contribution is 2.30. The molecule has 0 aliphatic carbocycles. The van der Waals surface area contributed by atoms with Gasteiger partial charge in [0.2, 0.25) is 5.43 Å². The van der Waals surface area contributed by atoms with Crippen LogP contribution in [-0.4, -0.2) is 15.7 Å². The minimum absolute atomic E-state index is 0.0536. The first-order valence-electron chi connectivity index (χ1n) is 7.45. The van der Waals surface area contributed by atoms with Gasteiger partial charge in [0.05, 0.1) is 10.3 Å². The van der Waals surface area contributed by atoms with Crippen molar-refractivity contribution < 1.29 is 18.5 Å². The molecule has 27 heavy (non-hydrogen) atoms. The van der Waals surface area contributed by atoms with Gasteiger partial charge in [0, 0.05) is 22.8 Å². The average Bonchev–Trinajstić information content (AvgIpc) is 2.53. The van der Waals surface area contributed by atoms with E-state index in [1.807, 2.05) is 0 Å². The predicted molar refractivity (Wildman–Crippen MR) is 95.9 cm³/mol. The summed E-state index contributed by atoms with van der Waals surface area (Å²) < 4.78 is 26.8. The number of pyridine rings is 1. The van der Waals surface area contributed by atoms with Crippen LogP contribution in [0.15, 0.2) is 35.1 Å². The van der Waals surface area contributed by atoms with Crippen molar-refractivity contribution in [2.45, 2.75) is 6.92 Å². The Morgan fingerprint density at radius 2 is 1.81 bits per heavy atom. The summed E-state index contributed by atoms with van der Waals surface area (Å²) in [7, 11) is 0. The number of ketones is 1. The van der Waals surface area contributed by atoms with Crippen molar-refractivity contribution in [2.75, 3.05) is 5.32 Å². The molecule has 0 saturated heterocycles. The van der Waals surface area contributed by atoms with Gasteiger partial charge in [-0.2, -0.15) is 0 Å². The molecule has 0 saturated carbocycles. The molecule has 2 N–H and O–H groups in total. The zero-order chi connectivity index (χ0) is 19.9. The Balaban J connectivity index is 2.33. The number of carbonyl (C=O) groups is 1. The normalized spacial score (nSPS) is 10.8. The van der Waals surface area contributed by atoms with Gasteiger partial charge < -0.3 is 10.3 Å². The van der Waals surface area contributed by atoms with Gasteiger partial charge in [-0.15, -0.1) is 0 Å². The second-order valence-electron chi connectivity index (χ2n) is 5.65. The lowest BCUT2D eigenvalue weighted by Gasteiger charge is -2.12. The van der Waals surface area contributed by atoms with Gasteiger partial charge in [0.15, 0.2) is 5.78 Å². The number of hydrogen-bond acceptors (Lipinski definition) is 5. The highest BCUT2D eigenvalue weighted by molar-refractivity contribution is 6.31. The molecule has 0 radical (unpaired) electrons. The van der Waals surface area contributed by atoms with Crippen LogP contribution < -0.4 is 10.7 Å². The SMILES string of the molecule is CC(=O)c1c(Nc2cc(F)cc(F)c2)[nH]c2c([N+](=O)[O-])cc(Cl)cc2c1=O. The number of aromatic nitrogens is 1. The molecule has 1 heterocycles. The zero-order valence-corrected chi connectivity index (χ0v) is 14.4. The van der Waals surface area contributed by atoms with Crippen molar-refractivity contribution in [3.05, 3.63) is 72.9 Å². The van der Waals surface area contributed by atoms with Crippen LogP contribution in [-0.2, 0) is 0 Å². The minimum Gasteiger partial charge on any atom is -0.341 e. The first kappa shape index (κ1) is 18.5. The number of Topliss-reactive ketones (excluding diaryl/α,β-unsaturated/α-hetero) is 1. The summed E-state index contributed by atoms with van der Waals surface area (Å²) in [6.45, 7) is 1.12. The Bertz CT molecular complexity index is 1160. The van der Waals surface area contributed by atoms with Gasteiger partial charge in [-0.25, -0.2) is 8.78 Å². The van der Waals surface area contributed by atoms with Crippen molar-refractivity contribution in [2.24, 2.45) is 0 Å². The van der Waals surface area contributed by atoms with Gasteiger partial charge in [0.1, 0.15) is 28.5 Å². The van der Waals surface area contributed by atoms with E-state index in [4.69, 9.17) is 11.6 Å². The Morgan fingerprint density at radius 1 is 1.19 bits per heavy atom. The van der Waals surface area contributed by atoms with E-state index >= 15 is 0 Å². The molecule has 0 aliphatic heterocycles. The highest BCUT2D eigenvalue weighted by Gasteiger charge is 2.22. The van der Waals surface area contributed by atoms with Crippen molar-refractivity contribution in [3.63, 3.8) is 0 Å². The van der Waals surface area contributed by atoms with E-state index in [0.29, 0.717) is 6.07 Å². The Morgan fingerprint density at radius 3 is 2.37 bits per heavy atom. The van der Waals surface area contributed by atoms with Crippen LogP contribution in [0.4, 0.5) is 26.0 Å². The van der Waals surface area contributed by atoms with E-state index in [9.17, 15) is 28.5 Å². The molecule has 7 nitrogen and oxygen atoms in total. The number of nitrogens with zero attached hydrogens (tertiary/aromatic N) is 1. The second-order valence-corrected chi connectivity index (χ2v) is 6.08. The van der Waals surface area contributed by atoms with Crippen LogP contribution in [0.1, 0.15) is 17.3 Å². The highest BCUT2D eigenvalue weighted by atomic mass is 35.5. The van der Waals surface area contributed by atoms with Crippen LogP contribution in [0.2, 0.25) is 5.02 Å². The van der Waals surface area contributed by atoms with E-state index in [-0.39, 0.29) is 33.0 Å². The zero-order valence-electron chi connectivity index (χ0n) is 13.6. The Kier molecular flexibility index (Phi) is 4.63. The monoisotopic (exact) mass is 393 g/mol. The van der Waals surface area contributed by atoms with E-state index in [1.54, 1.807) is 0 Å². The lowest BCUT2D eigenvalue weighted by atomic mass is 10.1. The number of fused-ring (bicyclic) bond motifs is 1. The molecule has 3 aromatic rings. The third kappa shape index (κ3) is 3.49. The molecular weight excluding hydrogens is 384 g/mol. The summed E-state index contributed by atoms with van der Waals surface area (Å²) in [6.07, 6.45) is 0. The molecule has 3 rings (SSSR count). The molecule has 138 valence electrons. The van der Waals surface area contributed by atoms with E-state index < -0.39 is 33.5 Å². The minimum atomic E-state index is -0.886. The first-order chi connectivity index (χ1) is 12.7. The van der Waals surface area contributed by atoms with Crippen LogP contribution in [0.3, 0.4) is 0 Å². The van der Waals surface area contributed by atoms with E-state index in [0.717, 1.165) is 25.1 Å². The smallest absolute Gasteiger partial charge is 0.294 e. The second kappa shape index (κ2) is 6.76. The fourth-order valence-electron chi connectivity index (χ4n) is 2.68. The number of halogens is 3. The Labute approximate surface area is 154 Å². The maximum absolute atomic E-state index is 13.4. The predicted octanol–water partition coefficient (Wildman–Crippen LogP) is 4.31. The summed E-state index contributed by atoms with van der Waals surface area (Å²) in [5.41, 5.74) is -1.93. The number of anilines is 2. The fourth-order valence-corrected chi connectivity index (χ4v) is 2.90. The van der Waals surface area contributed by atoms with Crippen molar-refractivity contribution in [3.8, 4) is 0 Å². The van der Waals surface area contributed by atoms with Crippen LogP contribution in [0.5, 0.6) is 0 Å². The van der Waals surface area contributed by atoms with Gasteiger partial charge in [-0.1, -0.05) is 11.6 Å². The van der Waals surface area contributed by atoms with Gasteiger partial charge in [0.25, 0.3) is 5.69 Å². The number of hydrogen-bond donors (Lipinski definition) is 2. The van der Waals surface area contributed by atoms with Gasteiger partial charge >= 0.3 is 0 Å². The third-order valence-electron chi connectivity index (χ3n) is 3.73. The molecule has 0 amide bonds. The summed E-state index contributed by atoms with van der Waals surface area (Å²) in [5.74, 6) is -2.65. The average molecular weight is 394 g/mol. The standard InChI is InChI=1S/C17H10ClF2N3O4/c1-7(24)14-16(25)12-2-8(18)3-13(23(26)27)15(12)22-17(14)21-11-5-9(19)4-10(20)6-11/h2-6H,1H3,(H2,21,22,25). The molecule has 0 fully saturated rings. The number of benzene rings is 2. The number of carbonyl (C=O) groups excluding carboxylic acids is 1. The number of rotatable bonds is 4. The quantitative estimate of drug-likeness (QED) is 0.390. The maximum atomic E-state index is 13.4. The Hall–Kier alpha value is -3.33. The van der Waals surface area contributed by atoms with Gasteiger partial charge in [-0.3, -0.25) is 19.7 Å². The van der Waals surface area contributed by atoms with E-state index in [1.165, 1.54) is 6.07 Å². The summed E-state index contributed by atoms with van der Waals surface area (Å²) >= 11 is 5.84. The molecule has 1 aromatic heterocycles. The van der Waals surface area contributed by atoms with Crippen molar-refractivity contribution >= 4 is 45.5 Å².